The van der Waals surface area contributed by atoms with Crippen LogP contribution < -0.4 is 11.0 Å². The van der Waals surface area contributed by atoms with E-state index in [0.29, 0.717) is 11.0 Å². The van der Waals surface area contributed by atoms with Crippen molar-refractivity contribution < 1.29 is 23.4 Å². The zero-order valence-electron chi connectivity index (χ0n) is 9.62. The summed E-state index contributed by atoms with van der Waals surface area (Å²) in [5.41, 5.74) is -0.977. The van der Waals surface area contributed by atoms with Crippen LogP contribution in [0.3, 0.4) is 0 Å². The maximum atomic E-state index is 13.7. The monoisotopic (exact) mass is 275 g/mol. The summed E-state index contributed by atoms with van der Waals surface area (Å²) in [7, 11) is 0. The standard InChI is InChI=1S/C10H11F2N3O4/c11-10(12)3-6(4-16)19-8(10)15-2-1-7(13-5-17)14-9(15)18/h1-2,5-6,8,16H,3-4H2,(H,13,14,17,18). The fourth-order valence-electron chi connectivity index (χ4n) is 1.84. The summed E-state index contributed by atoms with van der Waals surface area (Å²) < 4.78 is 32.9. The summed E-state index contributed by atoms with van der Waals surface area (Å²) in [5.74, 6) is -3.32. The smallest absolute Gasteiger partial charge is 0.351 e. The van der Waals surface area contributed by atoms with Crippen LogP contribution in [0.2, 0.25) is 0 Å². The van der Waals surface area contributed by atoms with Crippen LogP contribution >= 0.6 is 0 Å². The third kappa shape index (κ3) is 2.61. The average Bonchev–Trinajstić information content (AvgIpc) is 2.65. The molecule has 1 aromatic rings. The molecule has 0 spiro atoms. The minimum atomic E-state index is -3.28. The maximum Gasteiger partial charge on any atom is 0.351 e. The van der Waals surface area contributed by atoms with E-state index in [1.807, 2.05) is 0 Å². The molecule has 9 heteroatoms. The van der Waals surface area contributed by atoms with Gasteiger partial charge in [-0.15, -0.1) is 0 Å². The Bertz CT molecular complexity index is 534. The summed E-state index contributed by atoms with van der Waals surface area (Å²) in [6.45, 7) is -0.556. The number of nitrogens with one attached hydrogen (secondary N) is 1. The number of aromatic nitrogens is 2. The van der Waals surface area contributed by atoms with Crippen molar-refractivity contribution in [2.45, 2.75) is 24.7 Å². The predicted molar refractivity (Wildman–Crippen MR) is 58.7 cm³/mol. The van der Waals surface area contributed by atoms with Crippen molar-refractivity contribution >= 4 is 12.2 Å². The molecule has 0 aromatic carbocycles. The third-order valence-electron chi connectivity index (χ3n) is 2.68. The molecule has 0 aliphatic carbocycles. The number of hydrogen-bond acceptors (Lipinski definition) is 5. The second-order valence-corrected chi connectivity index (χ2v) is 4.02. The van der Waals surface area contributed by atoms with Crippen molar-refractivity contribution in [1.29, 1.82) is 0 Å². The molecule has 19 heavy (non-hydrogen) atoms. The molecular weight excluding hydrogens is 264 g/mol. The van der Waals surface area contributed by atoms with Gasteiger partial charge in [0.25, 0.3) is 5.92 Å². The van der Waals surface area contributed by atoms with Crippen LogP contribution in [0.5, 0.6) is 0 Å². The second-order valence-electron chi connectivity index (χ2n) is 4.02. The van der Waals surface area contributed by atoms with E-state index in [1.54, 1.807) is 0 Å². The van der Waals surface area contributed by atoms with Gasteiger partial charge in [-0.3, -0.25) is 9.36 Å². The van der Waals surface area contributed by atoms with Gasteiger partial charge in [0.2, 0.25) is 12.6 Å². The van der Waals surface area contributed by atoms with E-state index >= 15 is 0 Å². The highest BCUT2D eigenvalue weighted by Gasteiger charge is 2.51. The first-order valence-corrected chi connectivity index (χ1v) is 5.41. The van der Waals surface area contributed by atoms with Gasteiger partial charge in [0.05, 0.1) is 12.7 Å². The van der Waals surface area contributed by atoms with Crippen molar-refractivity contribution in [2.24, 2.45) is 0 Å². The Balaban J connectivity index is 2.32. The molecule has 1 amide bonds. The third-order valence-corrected chi connectivity index (χ3v) is 2.68. The summed E-state index contributed by atoms with van der Waals surface area (Å²) in [5, 5.41) is 11.0. The van der Waals surface area contributed by atoms with Gasteiger partial charge >= 0.3 is 5.69 Å². The Morgan fingerprint density at radius 2 is 2.42 bits per heavy atom. The number of carbonyl (C=O) groups is 1. The summed E-state index contributed by atoms with van der Waals surface area (Å²) in [6, 6.07) is 1.20. The first-order valence-electron chi connectivity index (χ1n) is 5.41. The maximum absolute atomic E-state index is 13.7. The molecule has 7 nitrogen and oxygen atoms in total. The van der Waals surface area contributed by atoms with Crippen LogP contribution in [0.4, 0.5) is 14.6 Å². The summed E-state index contributed by atoms with van der Waals surface area (Å²) >= 11 is 0. The minimum absolute atomic E-state index is 0.0451. The van der Waals surface area contributed by atoms with E-state index in [0.717, 1.165) is 6.20 Å². The molecule has 2 atom stereocenters. The first kappa shape index (κ1) is 13.6. The highest BCUT2D eigenvalue weighted by molar-refractivity contribution is 5.68. The number of hydrogen-bond donors (Lipinski definition) is 2. The molecule has 0 bridgehead atoms. The number of alkyl halides is 2. The summed E-state index contributed by atoms with van der Waals surface area (Å²) in [4.78, 5) is 25.2. The number of nitrogens with zero attached hydrogens (tertiary/aromatic N) is 2. The number of carbonyl (C=O) groups excluding carboxylic acids is 1. The van der Waals surface area contributed by atoms with Gasteiger partial charge in [-0.25, -0.2) is 13.6 Å². The van der Waals surface area contributed by atoms with Crippen molar-refractivity contribution in [1.82, 2.24) is 9.55 Å². The van der Waals surface area contributed by atoms with Crippen LogP contribution in [0.25, 0.3) is 0 Å². The molecule has 2 heterocycles. The number of rotatable bonds is 4. The largest absolute Gasteiger partial charge is 0.394 e. The topological polar surface area (TPSA) is 93.5 Å². The minimum Gasteiger partial charge on any atom is -0.394 e. The van der Waals surface area contributed by atoms with Gasteiger partial charge in [-0.05, 0) is 6.07 Å². The van der Waals surface area contributed by atoms with E-state index < -0.39 is 37.0 Å². The van der Waals surface area contributed by atoms with Gasteiger partial charge in [0.1, 0.15) is 5.82 Å². The molecule has 0 radical (unpaired) electrons. The van der Waals surface area contributed by atoms with Crippen molar-refractivity contribution in [3.05, 3.63) is 22.7 Å². The zero-order valence-corrected chi connectivity index (χ0v) is 9.62. The quantitative estimate of drug-likeness (QED) is 0.738. The predicted octanol–water partition coefficient (Wildman–Crippen LogP) is -0.273. The van der Waals surface area contributed by atoms with Gasteiger partial charge < -0.3 is 15.2 Å². The van der Waals surface area contributed by atoms with Gasteiger partial charge in [0.15, 0.2) is 0 Å². The molecule has 1 saturated heterocycles. The lowest BCUT2D eigenvalue weighted by molar-refractivity contribution is -0.120. The summed E-state index contributed by atoms with van der Waals surface area (Å²) in [6.07, 6.45) is -2.14. The van der Waals surface area contributed by atoms with Crippen LogP contribution in [0.15, 0.2) is 17.1 Å². The molecule has 0 saturated carbocycles. The molecule has 1 aromatic heterocycles. The van der Waals surface area contributed by atoms with Crippen LogP contribution in [-0.2, 0) is 9.53 Å². The zero-order chi connectivity index (χ0) is 14.0. The number of amides is 1. The molecule has 2 N–H and O–H groups in total. The van der Waals surface area contributed by atoms with Crippen LogP contribution in [0.1, 0.15) is 12.6 Å². The Kier molecular flexibility index (Phi) is 3.58. The molecule has 104 valence electrons. The molecule has 1 aliphatic heterocycles. The van der Waals surface area contributed by atoms with Gasteiger partial charge in [-0.1, -0.05) is 0 Å². The number of halogens is 2. The number of aliphatic hydroxyl groups excluding tert-OH is 1. The number of aliphatic hydroxyl groups is 1. The van der Waals surface area contributed by atoms with E-state index in [4.69, 9.17) is 9.84 Å². The van der Waals surface area contributed by atoms with Crippen LogP contribution in [-0.4, -0.2) is 39.7 Å². The molecular formula is C10H11F2N3O4. The fourth-order valence-corrected chi connectivity index (χ4v) is 1.84. The van der Waals surface area contributed by atoms with E-state index in [-0.39, 0.29) is 5.82 Å². The average molecular weight is 275 g/mol. The number of anilines is 1. The number of ether oxygens (including phenoxy) is 1. The lowest BCUT2D eigenvalue weighted by atomic mass is 10.2. The lowest BCUT2D eigenvalue weighted by Crippen LogP contribution is -2.35. The highest BCUT2D eigenvalue weighted by Crippen LogP contribution is 2.41. The van der Waals surface area contributed by atoms with Gasteiger partial charge in [-0.2, -0.15) is 4.98 Å². The Morgan fingerprint density at radius 1 is 1.68 bits per heavy atom. The normalized spacial score (nSPS) is 25.2. The van der Waals surface area contributed by atoms with Crippen molar-refractivity contribution in [3.8, 4) is 0 Å². The second kappa shape index (κ2) is 5.02. The molecule has 1 aliphatic rings. The molecule has 1 fully saturated rings. The Labute approximate surface area is 105 Å². The SMILES string of the molecule is O=CNc1ccn(C2OC(CO)CC2(F)F)c(=O)n1. The van der Waals surface area contributed by atoms with Crippen LogP contribution in [0, 0.1) is 0 Å². The van der Waals surface area contributed by atoms with E-state index in [1.165, 1.54) is 6.07 Å². The van der Waals surface area contributed by atoms with E-state index in [9.17, 15) is 18.4 Å². The Hall–Kier alpha value is -1.87. The van der Waals surface area contributed by atoms with Crippen molar-refractivity contribution in [3.63, 3.8) is 0 Å². The lowest BCUT2D eigenvalue weighted by Gasteiger charge is -2.19. The first-order chi connectivity index (χ1) is 8.97. The molecule has 2 unspecified atom stereocenters. The van der Waals surface area contributed by atoms with Gasteiger partial charge in [0, 0.05) is 12.6 Å². The van der Waals surface area contributed by atoms with E-state index in [2.05, 4.69) is 10.3 Å². The van der Waals surface area contributed by atoms with Crippen molar-refractivity contribution in [2.75, 3.05) is 11.9 Å². The molecule has 2 rings (SSSR count). The highest BCUT2D eigenvalue weighted by atomic mass is 19.3. The Morgan fingerprint density at radius 3 is 2.95 bits per heavy atom. The fraction of sp³-hybridized carbons (Fsp3) is 0.500.